The number of morpholine rings is 1. The molecule has 1 aromatic heterocycles. The molecule has 2 atom stereocenters. The topological polar surface area (TPSA) is 71.5 Å². The summed E-state index contributed by atoms with van der Waals surface area (Å²) in [5.74, 6) is 0.00198. The van der Waals surface area contributed by atoms with Crippen molar-refractivity contribution in [1.29, 1.82) is 0 Å². The van der Waals surface area contributed by atoms with Crippen LogP contribution in [0, 0.1) is 13.8 Å². The Kier molecular flexibility index (Phi) is 4.81. The first-order chi connectivity index (χ1) is 12.0. The van der Waals surface area contributed by atoms with Crippen molar-refractivity contribution in [2.24, 2.45) is 0 Å². The van der Waals surface area contributed by atoms with Gasteiger partial charge in [-0.05, 0) is 31.5 Å². The molecule has 3 rings (SSSR count). The van der Waals surface area contributed by atoms with Crippen molar-refractivity contribution in [1.82, 2.24) is 9.88 Å². The fourth-order valence-corrected chi connectivity index (χ4v) is 2.90. The number of aromatic nitrogens is 1. The molecule has 1 aliphatic heterocycles. The van der Waals surface area contributed by atoms with Crippen LogP contribution in [0.2, 0.25) is 0 Å². The summed E-state index contributed by atoms with van der Waals surface area (Å²) in [6, 6.07) is 12.7. The largest absolute Gasteiger partial charge is 0.356 e. The van der Waals surface area contributed by atoms with Crippen LogP contribution < -0.4 is 5.32 Å². The Morgan fingerprint density at radius 1 is 1.20 bits per heavy atom. The molecule has 0 radical (unpaired) electrons. The summed E-state index contributed by atoms with van der Waals surface area (Å²) in [4.78, 5) is 30.7. The average molecular weight is 339 g/mol. The van der Waals surface area contributed by atoms with Gasteiger partial charge in [-0.2, -0.15) is 0 Å². The zero-order chi connectivity index (χ0) is 18.0. The van der Waals surface area contributed by atoms with Crippen molar-refractivity contribution < 1.29 is 14.3 Å². The Hall–Kier alpha value is -2.73. The van der Waals surface area contributed by atoms with E-state index in [4.69, 9.17) is 4.74 Å². The van der Waals surface area contributed by atoms with Crippen molar-refractivity contribution in [2.45, 2.75) is 26.0 Å². The second-order valence-electron chi connectivity index (χ2n) is 6.25. The van der Waals surface area contributed by atoms with E-state index in [1.807, 2.05) is 50.2 Å². The van der Waals surface area contributed by atoms with Gasteiger partial charge in [0.2, 0.25) is 5.91 Å². The molecule has 6 heteroatoms. The molecule has 0 spiro atoms. The van der Waals surface area contributed by atoms with Crippen molar-refractivity contribution in [3.8, 4) is 0 Å². The van der Waals surface area contributed by atoms with Crippen LogP contribution in [0.4, 0.5) is 5.82 Å². The van der Waals surface area contributed by atoms with Gasteiger partial charge in [-0.1, -0.05) is 35.9 Å². The normalized spacial score (nSPS) is 20.4. The molecule has 25 heavy (non-hydrogen) atoms. The molecule has 0 bridgehead atoms. The van der Waals surface area contributed by atoms with Gasteiger partial charge in [0.15, 0.2) is 6.10 Å². The maximum atomic E-state index is 12.8. The van der Waals surface area contributed by atoms with Crippen LogP contribution in [-0.2, 0) is 14.3 Å². The molecule has 0 aliphatic carbocycles. The number of nitrogens with zero attached hydrogens (tertiary/aromatic N) is 2. The number of anilines is 1. The fourth-order valence-electron chi connectivity index (χ4n) is 2.90. The van der Waals surface area contributed by atoms with Gasteiger partial charge in [-0.25, -0.2) is 4.98 Å². The van der Waals surface area contributed by atoms with E-state index in [1.165, 1.54) is 0 Å². The third-order valence-electron chi connectivity index (χ3n) is 4.30. The molecular formula is C19H21N3O3. The summed E-state index contributed by atoms with van der Waals surface area (Å²) in [6.07, 6.45) is -0.798. The number of hydrogen-bond acceptors (Lipinski definition) is 4. The Bertz CT molecular complexity index is 789. The molecule has 6 nitrogen and oxygen atoms in total. The Balaban J connectivity index is 1.87. The van der Waals surface area contributed by atoms with E-state index in [9.17, 15) is 9.59 Å². The smallest absolute Gasteiger partial charge is 0.257 e. The highest BCUT2D eigenvalue weighted by Gasteiger charge is 2.40. The molecule has 0 unspecified atom stereocenters. The molecule has 2 amide bonds. The first-order valence-electron chi connectivity index (χ1n) is 8.14. The van der Waals surface area contributed by atoms with E-state index >= 15 is 0 Å². The van der Waals surface area contributed by atoms with E-state index in [0.29, 0.717) is 5.82 Å². The summed E-state index contributed by atoms with van der Waals surface area (Å²) in [5, 5.41) is 2.79. The minimum Gasteiger partial charge on any atom is -0.356 e. The van der Waals surface area contributed by atoms with Crippen molar-refractivity contribution >= 4 is 17.6 Å². The highest BCUT2D eigenvalue weighted by atomic mass is 16.5. The van der Waals surface area contributed by atoms with Crippen LogP contribution in [-0.4, -0.2) is 41.5 Å². The van der Waals surface area contributed by atoms with Gasteiger partial charge in [0.1, 0.15) is 12.4 Å². The van der Waals surface area contributed by atoms with E-state index < -0.39 is 12.1 Å². The number of hydrogen-bond donors (Lipinski definition) is 1. The number of pyridine rings is 1. The lowest BCUT2D eigenvalue weighted by Crippen LogP contribution is -2.51. The molecule has 1 aromatic carbocycles. The van der Waals surface area contributed by atoms with Crippen LogP contribution in [0.3, 0.4) is 0 Å². The maximum absolute atomic E-state index is 12.8. The lowest BCUT2D eigenvalue weighted by Gasteiger charge is -2.38. The lowest BCUT2D eigenvalue weighted by atomic mass is 9.97. The first kappa shape index (κ1) is 17.1. The lowest BCUT2D eigenvalue weighted by molar-refractivity contribution is -0.160. The van der Waals surface area contributed by atoms with E-state index in [2.05, 4.69) is 10.3 Å². The summed E-state index contributed by atoms with van der Waals surface area (Å²) in [7, 11) is 1.70. The maximum Gasteiger partial charge on any atom is 0.257 e. The van der Waals surface area contributed by atoms with Crippen LogP contribution in [0.25, 0.3) is 0 Å². The average Bonchev–Trinajstić information content (AvgIpc) is 2.58. The summed E-state index contributed by atoms with van der Waals surface area (Å²) >= 11 is 0. The number of nitrogens with one attached hydrogen (secondary N) is 1. The number of carbonyl (C=O) groups excluding carboxylic acids is 2. The highest BCUT2D eigenvalue weighted by Crippen LogP contribution is 2.30. The Morgan fingerprint density at radius 2 is 1.92 bits per heavy atom. The van der Waals surface area contributed by atoms with Crippen LogP contribution >= 0.6 is 0 Å². The number of carbonyl (C=O) groups is 2. The standard InChI is InChI=1S/C19H21N3O3/c1-12-7-9-14(10-8-12)17-18(25-11-16(23)22(17)3)19(24)21-15-6-4-5-13(2)20-15/h4-10,17-18H,11H2,1-3H3,(H,20,21,24)/t17-,18-/m1/s1. The minimum atomic E-state index is -0.798. The molecule has 1 fully saturated rings. The second-order valence-corrected chi connectivity index (χ2v) is 6.25. The van der Waals surface area contributed by atoms with E-state index in [1.54, 1.807) is 18.0 Å². The van der Waals surface area contributed by atoms with Gasteiger partial charge in [-0.15, -0.1) is 0 Å². The molecule has 2 aromatic rings. The van der Waals surface area contributed by atoms with Gasteiger partial charge in [-0.3, -0.25) is 9.59 Å². The zero-order valence-electron chi connectivity index (χ0n) is 14.5. The SMILES string of the molecule is Cc1ccc([C@@H]2[C@H](C(=O)Nc3cccc(C)n3)OCC(=O)N2C)cc1. The van der Waals surface area contributed by atoms with Crippen LogP contribution in [0.15, 0.2) is 42.5 Å². The van der Waals surface area contributed by atoms with Crippen molar-refractivity contribution in [3.63, 3.8) is 0 Å². The monoisotopic (exact) mass is 339 g/mol. The summed E-state index contributed by atoms with van der Waals surface area (Å²) in [6.45, 7) is 3.73. The predicted molar refractivity (Wildman–Crippen MR) is 94.0 cm³/mol. The first-order valence-corrected chi connectivity index (χ1v) is 8.14. The number of amides is 2. The van der Waals surface area contributed by atoms with Gasteiger partial charge in [0, 0.05) is 12.7 Å². The molecule has 0 saturated carbocycles. The molecule has 1 saturated heterocycles. The van der Waals surface area contributed by atoms with Crippen molar-refractivity contribution in [2.75, 3.05) is 19.0 Å². The third kappa shape index (κ3) is 3.69. The van der Waals surface area contributed by atoms with Crippen LogP contribution in [0.5, 0.6) is 0 Å². The Labute approximate surface area is 146 Å². The molecule has 1 N–H and O–H groups in total. The van der Waals surface area contributed by atoms with E-state index in [-0.39, 0.29) is 18.4 Å². The summed E-state index contributed by atoms with van der Waals surface area (Å²) in [5.41, 5.74) is 2.78. The quantitative estimate of drug-likeness (QED) is 0.931. The van der Waals surface area contributed by atoms with Gasteiger partial charge in [0.05, 0.1) is 6.04 Å². The number of aryl methyl sites for hydroxylation is 2. The second kappa shape index (κ2) is 7.03. The number of likely N-dealkylation sites (N-methyl/N-ethyl adjacent to an activating group) is 1. The number of ether oxygens (including phenoxy) is 1. The van der Waals surface area contributed by atoms with Gasteiger partial charge in [0.25, 0.3) is 5.91 Å². The molecular weight excluding hydrogens is 318 g/mol. The number of benzene rings is 1. The van der Waals surface area contributed by atoms with E-state index in [0.717, 1.165) is 16.8 Å². The summed E-state index contributed by atoms with van der Waals surface area (Å²) < 4.78 is 5.59. The van der Waals surface area contributed by atoms with Crippen LogP contribution in [0.1, 0.15) is 22.9 Å². The number of rotatable bonds is 3. The molecule has 130 valence electrons. The predicted octanol–water partition coefficient (Wildman–Crippen LogP) is 2.24. The van der Waals surface area contributed by atoms with Crippen molar-refractivity contribution in [3.05, 3.63) is 59.3 Å². The minimum absolute atomic E-state index is 0.113. The Morgan fingerprint density at radius 3 is 2.60 bits per heavy atom. The third-order valence-corrected chi connectivity index (χ3v) is 4.30. The van der Waals surface area contributed by atoms with Gasteiger partial charge >= 0.3 is 0 Å². The molecule has 2 heterocycles. The zero-order valence-corrected chi connectivity index (χ0v) is 14.5. The van der Waals surface area contributed by atoms with Gasteiger partial charge < -0.3 is 15.0 Å². The molecule has 1 aliphatic rings. The highest BCUT2D eigenvalue weighted by molar-refractivity contribution is 5.95. The fraction of sp³-hybridized carbons (Fsp3) is 0.316.